The van der Waals surface area contributed by atoms with Crippen molar-refractivity contribution >= 4 is 5.97 Å². The lowest BCUT2D eigenvalue weighted by atomic mass is 10.1. The number of carbonyl (C=O) groups is 1. The van der Waals surface area contributed by atoms with E-state index in [0.29, 0.717) is 0 Å². The van der Waals surface area contributed by atoms with Crippen molar-refractivity contribution in [1.29, 1.82) is 0 Å². The van der Waals surface area contributed by atoms with Crippen LogP contribution in [0.2, 0.25) is 0 Å². The summed E-state index contributed by atoms with van der Waals surface area (Å²) in [6.45, 7) is 0. The third-order valence-electron chi connectivity index (χ3n) is 1.00. The number of allylic oxidation sites excluding steroid dienone is 1. The second-order valence-electron chi connectivity index (χ2n) is 2.31. The summed E-state index contributed by atoms with van der Waals surface area (Å²) in [5, 5.41) is 8.03. The van der Waals surface area contributed by atoms with E-state index in [1.54, 1.807) is 0 Å². The molecule has 0 radical (unpaired) electrons. The fraction of sp³-hybridized carbons (Fsp3) is 0.500. The molecule has 1 N–H and O–H groups in total. The molecule has 8 heteroatoms. The van der Waals surface area contributed by atoms with Crippen LogP contribution in [0.5, 0.6) is 0 Å². The summed E-state index contributed by atoms with van der Waals surface area (Å²) in [6, 6.07) is 0. The van der Waals surface area contributed by atoms with Gasteiger partial charge in [0.05, 0.1) is 12.0 Å². The van der Waals surface area contributed by atoms with Crippen LogP contribution in [0.1, 0.15) is 6.42 Å². The van der Waals surface area contributed by atoms with Gasteiger partial charge in [0.25, 0.3) is 0 Å². The number of halogens is 6. The first-order valence-corrected chi connectivity index (χ1v) is 3.10. The molecule has 0 atom stereocenters. The first-order valence-electron chi connectivity index (χ1n) is 3.10. The van der Waals surface area contributed by atoms with E-state index >= 15 is 0 Å². The molecular weight excluding hydrogens is 218 g/mol. The minimum Gasteiger partial charge on any atom is -0.478 e. The van der Waals surface area contributed by atoms with Crippen molar-refractivity contribution in [3.8, 4) is 0 Å². The third kappa shape index (κ3) is 6.32. The van der Waals surface area contributed by atoms with Crippen LogP contribution < -0.4 is 0 Å². The van der Waals surface area contributed by atoms with Gasteiger partial charge in [0, 0.05) is 6.08 Å². The average Bonchev–Trinajstić information content (AvgIpc) is 1.78. The van der Waals surface area contributed by atoms with E-state index in [4.69, 9.17) is 5.11 Å². The number of hydrogen-bond acceptors (Lipinski definition) is 1. The SMILES string of the molecule is O=C(O)/C(=C\C(F)(F)F)CC(F)(F)F. The van der Waals surface area contributed by atoms with Gasteiger partial charge in [-0.05, 0) is 0 Å². The van der Waals surface area contributed by atoms with Crippen LogP contribution in [0, 0.1) is 0 Å². The van der Waals surface area contributed by atoms with Gasteiger partial charge in [0.15, 0.2) is 0 Å². The molecule has 2 nitrogen and oxygen atoms in total. The van der Waals surface area contributed by atoms with Crippen LogP contribution >= 0.6 is 0 Å². The van der Waals surface area contributed by atoms with E-state index in [0.717, 1.165) is 0 Å². The molecule has 0 aromatic heterocycles. The predicted molar refractivity (Wildman–Crippen MR) is 32.4 cm³/mol. The Morgan fingerprint density at radius 2 is 1.57 bits per heavy atom. The Labute approximate surface area is 73.8 Å². The summed E-state index contributed by atoms with van der Waals surface area (Å²) in [5.41, 5.74) is -1.73. The summed E-state index contributed by atoms with van der Waals surface area (Å²) < 4.78 is 69.3. The monoisotopic (exact) mass is 222 g/mol. The lowest BCUT2D eigenvalue weighted by Gasteiger charge is -2.07. The van der Waals surface area contributed by atoms with E-state index in [9.17, 15) is 31.1 Å². The van der Waals surface area contributed by atoms with E-state index < -0.39 is 36.4 Å². The molecule has 0 heterocycles. The summed E-state index contributed by atoms with van der Waals surface area (Å²) >= 11 is 0. The first-order chi connectivity index (χ1) is 6.01. The zero-order valence-corrected chi connectivity index (χ0v) is 6.41. The average molecular weight is 222 g/mol. The lowest BCUT2D eigenvalue weighted by molar-refractivity contribution is -0.144. The molecule has 0 unspecified atom stereocenters. The highest BCUT2D eigenvalue weighted by atomic mass is 19.4. The van der Waals surface area contributed by atoms with Gasteiger partial charge in [-0.2, -0.15) is 26.3 Å². The van der Waals surface area contributed by atoms with Gasteiger partial charge < -0.3 is 5.11 Å². The molecule has 0 bridgehead atoms. The van der Waals surface area contributed by atoms with Crippen molar-refractivity contribution < 1.29 is 36.2 Å². The minimum absolute atomic E-state index is 0.872. The quantitative estimate of drug-likeness (QED) is 0.575. The summed E-state index contributed by atoms with van der Waals surface area (Å²) in [7, 11) is 0. The van der Waals surface area contributed by atoms with Crippen LogP contribution in [-0.2, 0) is 4.79 Å². The highest BCUT2D eigenvalue weighted by Crippen LogP contribution is 2.28. The fourth-order valence-corrected chi connectivity index (χ4v) is 0.602. The Balaban J connectivity index is 4.81. The Hall–Kier alpha value is -1.21. The predicted octanol–water partition coefficient (Wildman–Crippen LogP) is 2.51. The number of hydrogen-bond donors (Lipinski definition) is 1. The summed E-state index contributed by atoms with van der Waals surface area (Å²) in [5.74, 6) is -2.24. The summed E-state index contributed by atoms with van der Waals surface area (Å²) in [6.07, 6.45) is -13.0. The maximum atomic E-state index is 11.6. The largest absolute Gasteiger partial charge is 0.478 e. The second kappa shape index (κ2) is 3.89. The number of aliphatic carboxylic acids is 1. The van der Waals surface area contributed by atoms with Crippen molar-refractivity contribution in [3.05, 3.63) is 11.6 Å². The van der Waals surface area contributed by atoms with Gasteiger partial charge in [0.1, 0.15) is 0 Å². The zero-order valence-electron chi connectivity index (χ0n) is 6.41. The number of rotatable bonds is 2. The maximum absolute atomic E-state index is 11.6. The van der Waals surface area contributed by atoms with Crippen LogP contribution in [-0.4, -0.2) is 23.4 Å². The molecule has 82 valence electrons. The van der Waals surface area contributed by atoms with Crippen LogP contribution in [0.25, 0.3) is 0 Å². The van der Waals surface area contributed by atoms with Gasteiger partial charge >= 0.3 is 18.3 Å². The van der Waals surface area contributed by atoms with Crippen molar-refractivity contribution in [1.82, 2.24) is 0 Å². The maximum Gasteiger partial charge on any atom is 0.410 e. The van der Waals surface area contributed by atoms with Crippen LogP contribution in [0.4, 0.5) is 26.3 Å². The molecule has 0 fully saturated rings. The molecule has 0 rings (SSSR count). The molecule has 0 aliphatic rings. The Kier molecular flexibility index (Phi) is 3.55. The molecule has 0 aliphatic carbocycles. The molecular formula is C6H4F6O2. The van der Waals surface area contributed by atoms with Crippen molar-refractivity contribution in [3.63, 3.8) is 0 Å². The normalized spacial score (nSPS) is 14.3. The van der Waals surface area contributed by atoms with Crippen LogP contribution in [0.3, 0.4) is 0 Å². The van der Waals surface area contributed by atoms with Crippen LogP contribution in [0.15, 0.2) is 11.6 Å². The van der Waals surface area contributed by atoms with E-state index in [-0.39, 0.29) is 0 Å². The van der Waals surface area contributed by atoms with Gasteiger partial charge in [0.2, 0.25) is 0 Å². The molecule has 0 aromatic carbocycles. The smallest absolute Gasteiger partial charge is 0.410 e. The number of carboxylic acid groups (broad SMARTS) is 1. The van der Waals surface area contributed by atoms with Gasteiger partial charge in [-0.3, -0.25) is 0 Å². The van der Waals surface area contributed by atoms with Gasteiger partial charge in [-0.25, -0.2) is 4.79 Å². The first kappa shape index (κ1) is 12.8. The highest BCUT2D eigenvalue weighted by molar-refractivity contribution is 5.86. The van der Waals surface area contributed by atoms with Crippen molar-refractivity contribution in [2.75, 3.05) is 0 Å². The fourth-order valence-electron chi connectivity index (χ4n) is 0.602. The van der Waals surface area contributed by atoms with E-state index in [2.05, 4.69) is 0 Å². The Bertz CT molecular complexity index is 248. The third-order valence-corrected chi connectivity index (χ3v) is 1.00. The van der Waals surface area contributed by atoms with E-state index in [1.165, 1.54) is 0 Å². The highest BCUT2D eigenvalue weighted by Gasteiger charge is 2.35. The molecule has 0 aromatic rings. The second-order valence-corrected chi connectivity index (χ2v) is 2.31. The molecule has 14 heavy (non-hydrogen) atoms. The van der Waals surface area contributed by atoms with Gasteiger partial charge in [-0.15, -0.1) is 0 Å². The molecule has 0 saturated carbocycles. The number of alkyl halides is 6. The van der Waals surface area contributed by atoms with E-state index in [1.807, 2.05) is 0 Å². The molecule has 0 saturated heterocycles. The van der Waals surface area contributed by atoms with Gasteiger partial charge in [-0.1, -0.05) is 0 Å². The zero-order chi connectivity index (χ0) is 11.6. The molecule has 0 amide bonds. The minimum atomic E-state index is -5.07. The Morgan fingerprint density at radius 1 is 1.14 bits per heavy atom. The van der Waals surface area contributed by atoms with Crippen molar-refractivity contribution in [2.24, 2.45) is 0 Å². The standard InChI is InChI=1S/C6H4F6O2/c7-5(8,9)1-3(4(13)14)2-6(10,11)12/h1H,2H2,(H,13,14)/b3-1-. The van der Waals surface area contributed by atoms with Crippen molar-refractivity contribution in [2.45, 2.75) is 18.8 Å². The Morgan fingerprint density at radius 3 is 1.79 bits per heavy atom. The summed E-state index contributed by atoms with van der Waals surface area (Å²) in [4.78, 5) is 9.99. The lowest BCUT2D eigenvalue weighted by Crippen LogP contribution is -2.16. The number of carboxylic acids is 1. The molecule has 0 spiro atoms. The topological polar surface area (TPSA) is 37.3 Å². The molecule has 0 aliphatic heterocycles.